The molecule has 0 aromatic heterocycles. The van der Waals surface area contributed by atoms with Crippen LogP contribution in [0.25, 0.3) is 0 Å². The quantitative estimate of drug-likeness (QED) is 0.780. The van der Waals surface area contributed by atoms with Gasteiger partial charge < -0.3 is 14.8 Å². The first-order valence-electron chi connectivity index (χ1n) is 4.67. The van der Waals surface area contributed by atoms with Crippen molar-refractivity contribution in [1.82, 2.24) is 0 Å². The molecule has 0 aliphatic rings. The van der Waals surface area contributed by atoms with Gasteiger partial charge in [0.25, 0.3) is 0 Å². The van der Waals surface area contributed by atoms with E-state index in [4.69, 9.17) is 9.47 Å². The average Bonchev–Trinajstić information content (AvgIpc) is 2.26. The largest absolute Gasteiger partial charge is 0.497 e. The van der Waals surface area contributed by atoms with E-state index in [1.54, 1.807) is 14.2 Å². The van der Waals surface area contributed by atoms with Gasteiger partial charge in [0, 0.05) is 25.4 Å². The first-order chi connectivity index (χ1) is 6.76. The molecule has 1 unspecified atom stereocenters. The van der Waals surface area contributed by atoms with Crippen LogP contribution in [0.1, 0.15) is 6.92 Å². The van der Waals surface area contributed by atoms with Gasteiger partial charge in [-0.1, -0.05) is 6.07 Å². The number of anilines is 1. The van der Waals surface area contributed by atoms with Crippen molar-refractivity contribution in [3.8, 4) is 5.75 Å². The Morgan fingerprint density at radius 3 is 2.79 bits per heavy atom. The molecule has 78 valence electrons. The fraction of sp³-hybridized carbons (Fsp3) is 0.455. The second kappa shape index (κ2) is 5.50. The smallest absolute Gasteiger partial charge is 0.120 e. The highest BCUT2D eigenvalue weighted by molar-refractivity contribution is 5.48. The van der Waals surface area contributed by atoms with Gasteiger partial charge in [0.1, 0.15) is 5.75 Å². The minimum absolute atomic E-state index is 0.209. The van der Waals surface area contributed by atoms with Crippen molar-refractivity contribution in [3.05, 3.63) is 24.3 Å². The highest BCUT2D eigenvalue weighted by Gasteiger charge is 1.99. The lowest BCUT2D eigenvalue weighted by Gasteiger charge is -2.12. The van der Waals surface area contributed by atoms with E-state index in [1.165, 1.54) is 0 Å². The molecule has 0 saturated carbocycles. The molecule has 0 aliphatic carbocycles. The van der Waals surface area contributed by atoms with Gasteiger partial charge in [0.05, 0.1) is 13.2 Å². The summed E-state index contributed by atoms with van der Waals surface area (Å²) in [5, 5.41) is 3.27. The van der Waals surface area contributed by atoms with Gasteiger partial charge in [-0.05, 0) is 19.1 Å². The second-order valence-corrected chi connectivity index (χ2v) is 3.16. The molecule has 0 spiro atoms. The number of hydrogen-bond donors (Lipinski definition) is 1. The molecule has 14 heavy (non-hydrogen) atoms. The minimum Gasteiger partial charge on any atom is -0.497 e. The number of rotatable bonds is 5. The fourth-order valence-electron chi connectivity index (χ4n) is 1.08. The highest BCUT2D eigenvalue weighted by atomic mass is 16.5. The zero-order chi connectivity index (χ0) is 10.4. The Morgan fingerprint density at radius 2 is 2.14 bits per heavy atom. The molecule has 1 aromatic rings. The number of methoxy groups -OCH3 is 2. The van der Waals surface area contributed by atoms with Crippen LogP contribution in [0, 0.1) is 0 Å². The molecule has 3 heteroatoms. The molecule has 1 N–H and O–H groups in total. The minimum atomic E-state index is 0.209. The maximum Gasteiger partial charge on any atom is 0.120 e. The highest BCUT2D eigenvalue weighted by Crippen LogP contribution is 2.16. The van der Waals surface area contributed by atoms with Crippen LogP contribution < -0.4 is 10.1 Å². The maximum atomic E-state index is 5.13. The van der Waals surface area contributed by atoms with Crippen LogP contribution in [0.5, 0.6) is 5.75 Å². The summed E-state index contributed by atoms with van der Waals surface area (Å²) >= 11 is 0. The monoisotopic (exact) mass is 195 g/mol. The molecular weight excluding hydrogens is 178 g/mol. The van der Waals surface area contributed by atoms with Gasteiger partial charge in [-0.3, -0.25) is 0 Å². The lowest BCUT2D eigenvalue weighted by atomic mass is 10.3. The fourth-order valence-corrected chi connectivity index (χ4v) is 1.08. The summed E-state index contributed by atoms with van der Waals surface area (Å²) in [5.74, 6) is 0.861. The molecule has 0 amide bonds. The van der Waals surface area contributed by atoms with Crippen molar-refractivity contribution in [1.29, 1.82) is 0 Å². The maximum absolute atomic E-state index is 5.13. The Kier molecular flexibility index (Phi) is 4.26. The van der Waals surface area contributed by atoms with Crippen LogP contribution in [0.3, 0.4) is 0 Å². The number of hydrogen-bond acceptors (Lipinski definition) is 3. The SMILES string of the molecule is COc1cccc(NCC(C)OC)c1. The van der Waals surface area contributed by atoms with Crippen molar-refractivity contribution >= 4 is 5.69 Å². The third-order valence-corrected chi connectivity index (χ3v) is 2.07. The number of ether oxygens (including phenoxy) is 2. The van der Waals surface area contributed by atoms with E-state index in [-0.39, 0.29) is 6.10 Å². The zero-order valence-electron chi connectivity index (χ0n) is 8.91. The molecule has 1 atom stereocenters. The first kappa shape index (κ1) is 10.9. The van der Waals surface area contributed by atoms with Gasteiger partial charge in [0.15, 0.2) is 0 Å². The van der Waals surface area contributed by atoms with E-state index < -0.39 is 0 Å². The van der Waals surface area contributed by atoms with Crippen molar-refractivity contribution in [2.24, 2.45) is 0 Å². The van der Waals surface area contributed by atoms with Gasteiger partial charge in [-0.2, -0.15) is 0 Å². The first-order valence-corrected chi connectivity index (χ1v) is 4.67. The van der Waals surface area contributed by atoms with Crippen LogP contribution >= 0.6 is 0 Å². The predicted octanol–water partition coefficient (Wildman–Crippen LogP) is 2.14. The lowest BCUT2D eigenvalue weighted by molar-refractivity contribution is 0.129. The Bertz CT molecular complexity index is 276. The average molecular weight is 195 g/mol. The Balaban J connectivity index is 2.50. The molecule has 0 aliphatic heterocycles. The van der Waals surface area contributed by atoms with Crippen molar-refractivity contribution in [3.63, 3.8) is 0 Å². The molecular formula is C11H17NO2. The van der Waals surface area contributed by atoms with Gasteiger partial charge in [-0.15, -0.1) is 0 Å². The summed E-state index contributed by atoms with van der Waals surface area (Å²) < 4.78 is 10.3. The Labute approximate surface area is 85.0 Å². The zero-order valence-corrected chi connectivity index (χ0v) is 8.91. The van der Waals surface area contributed by atoms with Crippen LogP contribution in [0.4, 0.5) is 5.69 Å². The normalized spacial score (nSPS) is 12.2. The third-order valence-electron chi connectivity index (χ3n) is 2.07. The Morgan fingerprint density at radius 1 is 1.36 bits per heavy atom. The molecule has 0 fully saturated rings. The topological polar surface area (TPSA) is 30.5 Å². The van der Waals surface area contributed by atoms with Crippen LogP contribution in [-0.4, -0.2) is 26.9 Å². The second-order valence-electron chi connectivity index (χ2n) is 3.16. The van der Waals surface area contributed by atoms with Gasteiger partial charge in [-0.25, -0.2) is 0 Å². The molecule has 1 aromatic carbocycles. The van der Waals surface area contributed by atoms with E-state index in [2.05, 4.69) is 5.32 Å². The van der Waals surface area contributed by atoms with E-state index in [1.807, 2.05) is 31.2 Å². The van der Waals surface area contributed by atoms with Gasteiger partial charge >= 0.3 is 0 Å². The standard InChI is InChI=1S/C11H17NO2/c1-9(13-2)8-12-10-5-4-6-11(7-10)14-3/h4-7,9,12H,8H2,1-3H3. The number of benzene rings is 1. The summed E-state index contributed by atoms with van der Waals surface area (Å²) in [4.78, 5) is 0. The van der Waals surface area contributed by atoms with E-state index in [0.717, 1.165) is 18.0 Å². The molecule has 0 bridgehead atoms. The predicted molar refractivity (Wildman–Crippen MR) is 58.0 cm³/mol. The molecule has 0 radical (unpaired) electrons. The van der Waals surface area contributed by atoms with Crippen molar-refractivity contribution in [2.45, 2.75) is 13.0 Å². The van der Waals surface area contributed by atoms with E-state index >= 15 is 0 Å². The summed E-state index contributed by atoms with van der Waals surface area (Å²) in [6.45, 7) is 2.82. The summed E-state index contributed by atoms with van der Waals surface area (Å²) in [6.07, 6.45) is 0.209. The molecule has 3 nitrogen and oxygen atoms in total. The van der Waals surface area contributed by atoms with Crippen LogP contribution in [0.2, 0.25) is 0 Å². The van der Waals surface area contributed by atoms with Crippen molar-refractivity contribution in [2.75, 3.05) is 26.1 Å². The summed E-state index contributed by atoms with van der Waals surface area (Å²) in [5.41, 5.74) is 1.05. The van der Waals surface area contributed by atoms with Crippen molar-refractivity contribution < 1.29 is 9.47 Å². The summed E-state index contributed by atoms with van der Waals surface area (Å²) in [7, 11) is 3.37. The van der Waals surface area contributed by atoms with Crippen LogP contribution in [0.15, 0.2) is 24.3 Å². The summed E-state index contributed by atoms with van der Waals surface area (Å²) in [6, 6.07) is 7.84. The molecule has 0 heterocycles. The lowest BCUT2D eigenvalue weighted by Crippen LogP contribution is -2.17. The van der Waals surface area contributed by atoms with E-state index in [9.17, 15) is 0 Å². The van der Waals surface area contributed by atoms with Crippen LogP contribution in [-0.2, 0) is 4.74 Å². The number of nitrogens with one attached hydrogen (secondary N) is 1. The van der Waals surface area contributed by atoms with Gasteiger partial charge in [0.2, 0.25) is 0 Å². The molecule has 1 rings (SSSR count). The molecule has 0 saturated heterocycles. The Hall–Kier alpha value is -1.22. The third kappa shape index (κ3) is 3.26. The van der Waals surface area contributed by atoms with E-state index in [0.29, 0.717) is 0 Å².